The van der Waals surface area contributed by atoms with Gasteiger partial charge in [-0.2, -0.15) is 4.98 Å². The SMILES string of the molecule is COC(=O)c1ccc(-c2noc(CN(C)Cc3cnc4ccccn34)n2)cc1. The fraction of sp³-hybridized carbons (Fsp3) is 0.200. The highest BCUT2D eigenvalue weighted by atomic mass is 16.5. The van der Waals surface area contributed by atoms with Crippen LogP contribution in [-0.4, -0.2) is 44.6 Å². The van der Waals surface area contributed by atoms with Crippen molar-refractivity contribution in [2.45, 2.75) is 13.1 Å². The summed E-state index contributed by atoms with van der Waals surface area (Å²) in [4.78, 5) is 22.4. The smallest absolute Gasteiger partial charge is 0.337 e. The van der Waals surface area contributed by atoms with Gasteiger partial charge in [0.05, 0.1) is 31.1 Å². The van der Waals surface area contributed by atoms with Crippen molar-refractivity contribution in [1.82, 2.24) is 24.4 Å². The maximum absolute atomic E-state index is 11.5. The van der Waals surface area contributed by atoms with E-state index in [0.717, 1.165) is 16.9 Å². The number of rotatable bonds is 6. The highest BCUT2D eigenvalue weighted by Crippen LogP contribution is 2.18. The molecule has 8 nitrogen and oxygen atoms in total. The average Bonchev–Trinajstić information content (AvgIpc) is 3.35. The number of pyridine rings is 1. The first kappa shape index (κ1) is 17.9. The fourth-order valence-electron chi connectivity index (χ4n) is 2.97. The molecule has 0 aliphatic rings. The van der Waals surface area contributed by atoms with E-state index in [4.69, 9.17) is 9.26 Å². The third-order valence-electron chi connectivity index (χ3n) is 4.36. The van der Waals surface area contributed by atoms with Crippen LogP contribution in [0.1, 0.15) is 21.9 Å². The zero-order chi connectivity index (χ0) is 19.5. The average molecular weight is 377 g/mol. The van der Waals surface area contributed by atoms with Crippen molar-refractivity contribution < 1.29 is 14.1 Å². The molecule has 3 aromatic heterocycles. The number of nitrogens with zero attached hydrogens (tertiary/aromatic N) is 5. The number of aromatic nitrogens is 4. The van der Waals surface area contributed by atoms with Crippen molar-refractivity contribution in [1.29, 1.82) is 0 Å². The molecular formula is C20H19N5O3. The largest absolute Gasteiger partial charge is 0.465 e. The first-order valence-electron chi connectivity index (χ1n) is 8.75. The molecule has 0 saturated heterocycles. The maximum atomic E-state index is 11.5. The van der Waals surface area contributed by atoms with Crippen LogP contribution in [0.3, 0.4) is 0 Å². The van der Waals surface area contributed by atoms with Gasteiger partial charge < -0.3 is 13.7 Å². The number of hydrogen-bond acceptors (Lipinski definition) is 7. The van der Waals surface area contributed by atoms with Crippen LogP contribution < -0.4 is 0 Å². The number of fused-ring (bicyclic) bond motifs is 1. The van der Waals surface area contributed by atoms with Crippen LogP contribution in [0.25, 0.3) is 17.0 Å². The molecule has 0 radical (unpaired) electrons. The third kappa shape index (κ3) is 3.63. The standard InChI is InChI=1S/C20H19N5O3/c1-24(12-16-11-21-17-5-3-4-10-25(16)17)13-18-22-19(23-28-18)14-6-8-15(9-7-14)20(26)27-2/h3-11H,12-13H2,1-2H3. The fourth-order valence-corrected chi connectivity index (χ4v) is 2.97. The number of carbonyl (C=O) groups excluding carboxylic acids is 1. The number of imidazole rings is 1. The molecule has 0 saturated carbocycles. The molecule has 0 spiro atoms. The van der Waals surface area contributed by atoms with Gasteiger partial charge in [-0.3, -0.25) is 4.90 Å². The van der Waals surface area contributed by atoms with Crippen molar-refractivity contribution >= 4 is 11.6 Å². The molecule has 3 heterocycles. The zero-order valence-electron chi connectivity index (χ0n) is 15.6. The highest BCUT2D eigenvalue weighted by molar-refractivity contribution is 5.89. The van der Waals surface area contributed by atoms with Gasteiger partial charge in [0.1, 0.15) is 5.65 Å². The molecule has 0 bridgehead atoms. The monoisotopic (exact) mass is 377 g/mol. The van der Waals surface area contributed by atoms with Crippen LogP contribution in [0.2, 0.25) is 0 Å². The van der Waals surface area contributed by atoms with Gasteiger partial charge in [0.2, 0.25) is 11.7 Å². The second-order valence-electron chi connectivity index (χ2n) is 6.43. The van der Waals surface area contributed by atoms with Gasteiger partial charge in [-0.25, -0.2) is 9.78 Å². The van der Waals surface area contributed by atoms with Crippen LogP contribution >= 0.6 is 0 Å². The van der Waals surface area contributed by atoms with Crippen molar-refractivity contribution in [3.05, 3.63) is 72.0 Å². The Balaban J connectivity index is 1.43. The number of benzene rings is 1. The second-order valence-corrected chi connectivity index (χ2v) is 6.43. The molecule has 0 amide bonds. The molecule has 0 fully saturated rings. The molecule has 0 aliphatic carbocycles. The van der Waals surface area contributed by atoms with Gasteiger partial charge in [-0.05, 0) is 31.3 Å². The van der Waals surface area contributed by atoms with Gasteiger partial charge in [0.15, 0.2) is 0 Å². The van der Waals surface area contributed by atoms with E-state index >= 15 is 0 Å². The van der Waals surface area contributed by atoms with E-state index in [0.29, 0.717) is 30.4 Å². The minimum atomic E-state index is -0.380. The van der Waals surface area contributed by atoms with Crippen LogP contribution in [0.4, 0.5) is 0 Å². The molecule has 0 atom stereocenters. The Labute approximate surface area is 161 Å². The Bertz CT molecular complexity index is 1100. The quantitative estimate of drug-likeness (QED) is 0.478. The van der Waals surface area contributed by atoms with Crippen LogP contribution in [0, 0.1) is 0 Å². The summed E-state index contributed by atoms with van der Waals surface area (Å²) in [7, 11) is 3.34. The number of carbonyl (C=O) groups is 1. The van der Waals surface area contributed by atoms with E-state index in [1.807, 2.05) is 37.6 Å². The van der Waals surface area contributed by atoms with E-state index in [1.54, 1.807) is 24.3 Å². The Hall–Kier alpha value is -3.52. The van der Waals surface area contributed by atoms with Gasteiger partial charge in [-0.15, -0.1) is 0 Å². The highest BCUT2D eigenvalue weighted by Gasteiger charge is 2.13. The lowest BCUT2D eigenvalue weighted by molar-refractivity contribution is 0.0600. The normalized spacial score (nSPS) is 11.2. The van der Waals surface area contributed by atoms with Gasteiger partial charge in [0.25, 0.3) is 0 Å². The van der Waals surface area contributed by atoms with E-state index in [9.17, 15) is 4.79 Å². The van der Waals surface area contributed by atoms with Gasteiger partial charge >= 0.3 is 5.97 Å². The van der Waals surface area contributed by atoms with Crippen LogP contribution in [-0.2, 0) is 17.8 Å². The number of esters is 1. The zero-order valence-corrected chi connectivity index (χ0v) is 15.6. The predicted molar refractivity (Wildman–Crippen MR) is 101 cm³/mol. The first-order valence-corrected chi connectivity index (χ1v) is 8.75. The van der Waals surface area contributed by atoms with Gasteiger partial charge in [-0.1, -0.05) is 23.4 Å². The summed E-state index contributed by atoms with van der Waals surface area (Å²) in [5, 5.41) is 4.03. The van der Waals surface area contributed by atoms with Crippen molar-refractivity contribution in [3.8, 4) is 11.4 Å². The van der Waals surface area contributed by atoms with Crippen molar-refractivity contribution in [3.63, 3.8) is 0 Å². The molecule has 0 N–H and O–H groups in total. The summed E-state index contributed by atoms with van der Waals surface area (Å²) >= 11 is 0. The molecule has 8 heteroatoms. The van der Waals surface area contributed by atoms with E-state index < -0.39 is 0 Å². The number of hydrogen-bond donors (Lipinski definition) is 0. The topological polar surface area (TPSA) is 85.8 Å². The molecule has 4 aromatic rings. The number of ether oxygens (including phenoxy) is 1. The minimum absolute atomic E-state index is 0.380. The molecule has 0 aliphatic heterocycles. The van der Waals surface area contributed by atoms with E-state index in [2.05, 4.69) is 24.4 Å². The minimum Gasteiger partial charge on any atom is -0.465 e. The molecule has 142 valence electrons. The molecule has 4 rings (SSSR count). The third-order valence-corrected chi connectivity index (χ3v) is 4.36. The summed E-state index contributed by atoms with van der Waals surface area (Å²) in [6.45, 7) is 1.20. The second kappa shape index (κ2) is 7.61. The summed E-state index contributed by atoms with van der Waals surface area (Å²) in [6.07, 6.45) is 3.86. The maximum Gasteiger partial charge on any atom is 0.337 e. The van der Waals surface area contributed by atoms with Crippen LogP contribution in [0.5, 0.6) is 0 Å². The van der Waals surface area contributed by atoms with Crippen molar-refractivity contribution in [2.24, 2.45) is 0 Å². The van der Waals surface area contributed by atoms with Crippen LogP contribution in [0.15, 0.2) is 59.4 Å². The predicted octanol–water partition coefficient (Wildman–Crippen LogP) is 2.80. The Morgan fingerprint density at radius 3 is 2.79 bits per heavy atom. The summed E-state index contributed by atoms with van der Waals surface area (Å²) in [6, 6.07) is 12.8. The Kier molecular flexibility index (Phi) is 4.86. The lowest BCUT2D eigenvalue weighted by Gasteiger charge is -2.13. The summed E-state index contributed by atoms with van der Waals surface area (Å²) < 4.78 is 12.1. The van der Waals surface area contributed by atoms with Gasteiger partial charge in [0, 0.05) is 18.3 Å². The van der Waals surface area contributed by atoms with E-state index in [-0.39, 0.29) is 5.97 Å². The molecule has 28 heavy (non-hydrogen) atoms. The Morgan fingerprint density at radius 2 is 2.00 bits per heavy atom. The lowest BCUT2D eigenvalue weighted by atomic mass is 10.1. The molecule has 0 unspecified atom stereocenters. The number of methoxy groups -OCH3 is 1. The molecular weight excluding hydrogens is 358 g/mol. The lowest BCUT2D eigenvalue weighted by Crippen LogP contribution is -2.18. The summed E-state index contributed by atoms with van der Waals surface area (Å²) in [5.74, 6) is 0.618. The van der Waals surface area contributed by atoms with Crippen molar-refractivity contribution in [2.75, 3.05) is 14.2 Å². The summed E-state index contributed by atoms with van der Waals surface area (Å²) in [5.41, 5.74) is 3.24. The first-order chi connectivity index (χ1) is 13.6. The van der Waals surface area contributed by atoms with E-state index in [1.165, 1.54) is 7.11 Å². The Morgan fingerprint density at radius 1 is 1.18 bits per heavy atom. The molecule has 1 aromatic carbocycles.